The molecular formula is C17H17F4N3O4S. The predicted octanol–water partition coefficient (Wildman–Crippen LogP) is 3.02. The zero-order valence-electron chi connectivity index (χ0n) is 15.3. The van der Waals surface area contributed by atoms with Gasteiger partial charge < -0.3 is 10.1 Å². The second kappa shape index (κ2) is 8.74. The minimum atomic E-state index is -4.52. The maximum atomic E-state index is 13.3. The standard InChI is InChI=1S/C17H17F4N3O4S/c1-10-13(18)4-6-15(23-10)24-16(25)12-9-11(3-5-14(12)28-2)29(26,27)22-8-7-17(19,20)21/h3-6,9,22H,7-8H2,1-2H3,(H,23,24,25). The maximum Gasteiger partial charge on any atom is 0.390 e. The number of methoxy groups -OCH3 is 1. The van der Waals surface area contributed by atoms with Gasteiger partial charge in [0.15, 0.2) is 0 Å². The summed E-state index contributed by atoms with van der Waals surface area (Å²) in [6, 6.07) is 5.55. The predicted molar refractivity (Wildman–Crippen MR) is 95.7 cm³/mol. The summed E-state index contributed by atoms with van der Waals surface area (Å²) in [5.41, 5.74) is -0.157. The van der Waals surface area contributed by atoms with Gasteiger partial charge in [-0.25, -0.2) is 22.5 Å². The van der Waals surface area contributed by atoms with Crippen LogP contribution in [0.3, 0.4) is 0 Å². The van der Waals surface area contributed by atoms with E-state index in [-0.39, 0.29) is 22.8 Å². The van der Waals surface area contributed by atoms with E-state index in [2.05, 4.69) is 10.3 Å². The van der Waals surface area contributed by atoms with Crippen LogP contribution in [0.2, 0.25) is 0 Å². The van der Waals surface area contributed by atoms with Crippen LogP contribution in [0.25, 0.3) is 0 Å². The molecule has 0 atom stereocenters. The molecule has 12 heteroatoms. The van der Waals surface area contributed by atoms with Crippen molar-refractivity contribution in [3.8, 4) is 5.75 Å². The number of ether oxygens (including phenoxy) is 1. The van der Waals surface area contributed by atoms with Crippen molar-refractivity contribution in [2.24, 2.45) is 0 Å². The number of rotatable bonds is 7. The average Bonchev–Trinajstić information content (AvgIpc) is 2.62. The van der Waals surface area contributed by atoms with Crippen molar-refractivity contribution in [3.63, 3.8) is 0 Å². The Labute approximate surface area is 164 Å². The van der Waals surface area contributed by atoms with Gasteiger partial charge in [0.2, 0.25) is 10.0 Å². The number of halogens is 4. The number of sulfonamides is 1. The monoisotopic (exact) mass is 435 g/mol. The van der Waals surface area contributed by atoms with E-state index in [1.165, 1.54) is 26.2 Å². The molecule has 1 aromatic carbocycles. The fourth-order valence-corrected chi connectivity index (χ4v) is 3.30. The molecule has 2 aromatic rings. The number of aromatic nitrogens is 1. The first-order chi connectivity index (χ1) is 13.4. The first-order valence-electron chi connectivity index (χ1n) is 8.12. The SMILES string of the molecule is COc1ccc(S(=O)(=O)NCCC(F)(F)F)cc1C(=O)Nc1ccc(F)c(C)n1. The van der Waals surface area contributed by atoms with Crippen LogP contribution in [0.4, 0.5) is 23.4 Å². The number of hydrogen-bond acceptors (Lipinski definition) is 5. The molecular weight excluding hydrogens is 418 g/mol. The highest BCUT2D eigenvalue weighted by atomic mass is 32.2. The van der Waals surface area contributed by atoms with Gasteiger partial charge in [0.05, 0.1) is 29.7 Å². The first kappa shape index (κ1) is 22.6. The van der Waals surface area contributed by atoms with Gasteiger partial charge in [-0.3, -0.25) is 4.79 Å². The van der Waals surface area contributed by atoms with Crippen LogP contribution >= 0.6 is 0 Å². The molecule has 0 saturated heterocycles. The topological polar surface area (TPSA) is 97.4 Å². The van der Waals surface area contributed by atoms with Crippen LogP contribution < -0.4 is 14.8 Å². The molecule has 29 heavy (non-hydrogen) atoms. The molecule has 2 rings (SSSR count). The van der Waals surface area contributed by atoms with Crippen molar-refractivity contribution >= 4 is 21.7 Å². The molecule has 0 spiro atoms. The molecule has 1 amide bonds. The number of nitrogens with one attached hydrogen (secondary N) is 2. The lowest BCUT2D eigenvalue weighted by atomic mass is 10.2. The van der Waals surface area contributed by atoms with Gasteiger partial charge in [0, 0.05) is 6.54 Å². The summed E-state index contributed by atoms with van der Waals surface area (Å²) in [4.78, 5) is 15.9. The largest absolute Gasteiger partial charge is 0.496 e. The summed E-state index contributed by atoms with van der Waals surface area (Å²) in [5, 5.41) is 2.38. The van der Waals surface area contributed by atoms with Crippen LogP contribution in [-0.2, 0) is 10.0 Å². The molecule has 0 aliphatic carbocycles. The van der Waals surface area contributed by atoms with E-state index in [9.17, 15) is 30.8 Å². The van der Waals surface area contributed by atoms with Crippen LogP contribution in [0.5, 0.6) is 5.75 Å². The van der Waals surface area contributed by atoms with Crippen LogP contribution in [0.1, 0.15) is 22.5 Å². The summed E-state index contributed by atoms with van der Waals surface area (Å²) in [5.74, 6) is -1.32. The smallest absolute Gasteiger partial charge is 0.390 e. The van der Waals surface area contributed by atoms with E-state index >= 15 is 0 Å². The average molecular weight is 435 g/mol. The van der Waals surface area contributed by atoms with Crippen molar-refractivity contribution < 1.29 is 35.5 Å². The molecule has 1 aromatic heterocycles. The second-order valence-corrected chi connectivity index (χ2v) is 7.61. The number of hydrogen-bond donors (Lipinski definition) is 2. The highest BCUT2D eigenvalue weighted by molar-refractivity contribution is 7.89. The minimum Gasteiger partial charge on any atom is -0.496 e. The molecule has 0 unspecified atom stereocenters. The Kier molecular flexibility index (Phi) is 6.80. The van der Waals surface area contributed by atoms with Crippen LogP contribution in [0, 0.1) is 12.7 Å². The molecule has 2 N–H and O–H groups in total. The molecule has 0 saturated carbocycles. The lowest BCUT2D eigenvalue weighted by molar-refractivity contribution is -0.132. The Bertz CT molecular complexity index is 1010. The third-order valence-corrected chi connectivity index (χ3v) is 5.15. The fourth-order valence-electron chi connectivity index (χ4n) is 2.24. The van der Waals surface area contributed by atoms with Gasteiger partial charge in [-0.05, 0) is 37.3 Å². The lowest BCUT2D eigenvalue weighted by Crippen LogP contribution is -2.28. The maximum absolute atomic E-state index is 13.3. The van der Waals surface area contributed by atoms with Gasteiger partial charge in [-0.15, -0.1) is 0 Å². The van der Waals surface area contributed by atoms with E-state index in [1.54, 1.807) is 0 Å². The third kappa shape index (κ3) is 6.12. The van der Waals surface area contributed by atoms with Crippen LogP contribution in [0.15, 0.2) is 35.2 Å². The van der Waals surface area contributed by atoms with Crippen LogP contribution in [-0.4, -0.2) is 39.1 Å². The quantitative estimate of drug-likeness (QED) is 0.652. The van der Waals surface area contributed by atoms with Gasteiger partial charge >= 0.3 is 6.18 Å². The summed E-state index contributed by atoms with van der Waals surface area (Å²) >= 11 is 0. The normalized spacial score (nSPS) is 11.9. The zero-order chi connectivity index (χ0) is 21.8. The Morgan fingerprint density at radius 3 is 2.48 bits per heavy atom. The van der Waals surface area contributed by atoms with Crippen molar-refractivity contribution in [1.29, 1.82) is 0 Å². The van der Waals surface area contributed by atoms with E-state index in [0.717, 1.165) is 18.2 Å². The highest BCUT2D eigenvalue weighted by Crippen LogP contribution is 2.24. The Balaban J connectivity index is 2.27. The van der Waals surface area contributed by atoms with E-state index in [4.69, 9.17) is 4.74 Å². The molecule has 158 valence electrons. The molecule has 0 bridgehead atoms. The fraction of sp³-hybridized carbons (Fsp3) is 0.294. The lowest BCUT2D eigenvalue weighted by Gasteiger charge is -2.13. The van der Waals surface area contributed by atoms with E-state index in [1.807, 2.05) is 4.72 Å². The number of carbonyl (C=O) groups excluding carboxylic acids is 1. The van der Waals surface area contributed by atoms with E-state index in [0.29, 0.717) is 0 Å². The van der Waals surface area contributed by atoms with Gasteiger partial charge in [0.25, 0.3) is 5.91 Å². The number of carbonyl (C=O) groups is 1. The number of alkyl halides is 3. The van der Waals surface area contributed by atoms with Gasteiger partial charge in [0.1, 0.15) is 17.4 Å². The van der Waals surface area contributed by atoms with Crippen molar-refractivity contribution in [2.75, 3.05) is 19.0 Å². The van der Waals surface area contributed by atoms with Gasteiger partial charge in [-0.2, -0.15) is 13.2 Å². The molecule has 0 aliphatic rings. The second-order valence-electron chi connectivity index (χ2n) is 5.84. The Morgan fingerprint density at radius 1 is 1.21 bits per heavy atom. The number of aryl methyl sites for hydroxylation is 1. The zero-order valence-corrected chi connectivity index (χ0v) is 16.1. The van der Waals surface area contributed by atoms with E-state index < -0.39 is 45.8 Å². The van der Waals surface area contributed by atoms with Crippen molar-refractivity contribution in [3.05, 3.63) is 47.4 Å². The number of nitrogens with zero attached hydrogens (tertiary/aromatic N) is 1. The third-order valence-electron chi connectivity index (χ3n) is 3.69. The number of anilines is 1. The van der Waals surface area contributed by atoms with Crippen molar-refractivity contribution in [1.82, 2.24) is 9.71 Å². The summed E-state index contributed by atoms with van der Waals surface area (Å²) in [6.07, 6.45) is -5.86. The Morgan fingerprint density at radius 2 is 1.90 bits per heavy atom. The Hall–Kier alpha value is -2.73. The number of amides is 1. The summed E-state index contributed by atoms with van der Waals surface area (Å²) in [7, 11) is -3.05. The van der Waals surface area contributed by atoms with Gasteiger partial charge in [-0.1, -0.05) is 0 Å². The summed E-state index contributed by atoms with van der Waals surface area (Å²) in [6.45, 7) is 0.545. The molecule has 0 aliphatic heterocycles. The first-order valence-corrected chi connectivity index (χ1v) is 9.60. The molecule has 1 heterocycles. The van der Waals surface area contributed by atoms with Crippen molar-refractivity contribution in [2.45, 2.75) is 24.4 Å². The highest BCUT2D eigenvalue weighted by Gasteiger charge is 2.28. The summed E-state index contributed by atoms with van der Waals surface area (Å²) < 4.78 is 81.3. The molecule has 7 nitrogen and oxygen atoms in total. The number of pyridine rings is 1. The minimum absolute atomic E-state index is 0.0208. The number of benzene rings is 1. The molecule has 0 fully saturated rings. The molecule has 0 radical (unpaired) electrons.